The van der Waals surface area contributed by atoms with Crippen LogP contribution in [0.3, 0.4) is 0 Å². The molecule has 0 aromatic heterocycles. The molecule has 14 nitrogen and oxygen atoms in total. The van der Waals surface area contributed by atoms with Crippen molar-refractivity contribution in [2.75, 3.05) is 11.5 Å². The van der Waals surface area contributed by atoms with Gasteiger partial charge in [0.15, 0.2) is 0 Å². The van der Waals surface area contributed by atoms with E-state index in [1.165, 1.54) is 0 Å². The second kappa shape index (κ2) is 8.43. The number of nitrogen functional groups attached to an aromatic ring is 2. The third-order valence-corrected chi connectivity index (χ3v) is 6.67. The Labute approximate surface area is 171 Å². The Morgan fingerprint density at radius 1 is 0.500 bits per heavy atom. The summed E-state index contributed by atoms with van der Waals surface area (Å²) in [7, 11) is -17.9. The summed E-state index contributed by atoms with van der Waals surface area (Å²) >= 11 is 0. The smallest absolute Gasteiger partial charge is 0.296 e. The van der Waals surface area contributed by atoms with Gasteiger partial charge in [0.2, 0.25) is 0 Å². The molecule has 18 heteroatoms. The molecule has 0 amide bonds. The molecule has 0 aliphatic carbocycles. The fourth-order valence-electron chi connectivity index (χ4n) is 1.84. The number of nitrogens with two attached hydrogens (primary N) is 2. The summed E-state index contributed by atoms with van der Waals surface area (Å²) < 4.78 is 120. The molecule has 2 aromatic rings. The molecule has 0 saturated carbocycles. The lowest BCUT2D eigenvalue weighted by molar-refractivity contribution is 0.479. The van der Waals surface area contributed by atoms with Crippen molar-refractivity contribution in [2.24, 2.45) is 0 Å². The molecule has 0 atom stereocenters. The van der Waals surface area contributed by atoms with E-state index in [0.29, 0.717) is 0 Å². The highest BCUT2D eigenvalue weighted by atomic mass is 32.2. The number of rotatable bonds is 4. The molecule has 0 heterocycles. The number of hydrogen-bond donors (Lipinski definition) is 6. The summed E-state index contributed by atoms with van der Waals surface area (Å²) in [6.07, 6.45) is 0. The molecule has 0 aliphatic rings. The summed E-state index contributed by atoms with van der Waals surface area (Å²) in [5.74, 6) is 0. The van der Waals surface area contributed by atoms with Crippen LogP contribution in [0.15, 0.2) is 56.0 Å². The molecular weight excluding hydrogens is 492 g/mol. The van der Waals surface area contributed by atoms with Gasteiger partial charge in [-0.2, -0.15) is 33.7 Å². The van der Waals surface area contributed by atoms with Crippen molar-refractivity contribution < 1.29 is 51.9 Å². The summed E-state index contributed by atoms with van der Waals surface area (Å²) in [6.45, 7) is 0. The Morgan fingerprint density at radius 3 is 0.933 bits per heavy atom. The topological polar surface area (TPSA) is 270 Å². The molecule has 0 unspecified atom stereocenters. The molecule has 0 bridgehead atoms. The van der Waals surface area contributed by atoms with Crippen molar-refractivity contribution in [3.63, 3.8) is 0 Å². The van der Waals surface area contributed by atoms with Crippen LogP contribution in [0.2, 0.25) is 0 Å². The van der Waals surface area contributed by atoms with E-state index in [-0.39, 0.29) is 0 Å². The third-order valence-electron chi connectivity index (χ3n) is 3.11. The van der Waals surface area contributed by atoms with E-state index >= 15 is 0 Å². The fraction of sp³-hybridized carbons (Fsp3) is 0. The number of anilines is 2. The molecule has 0 saturated heterocycles. The standard InChI is InChI=1S/2C6H7NO6S2/c2*7-5-3-4(14(8,9)10)1-2-6(5)15(11,12)13/h2*1-3H,7H2,(H,8,9,10)(H,11,12,13). The van der Waals surface area contributed by atoms with E-state index < -0.39 is 71.4 Å². The number of benzene rings is 2. The van der Waals surface area contributed by atoms with Crippen molar-refractivity contribution in [1.82, 2.24) is 0 Å². The van der Waals surface area contributed by atoms with Gasteiger partial charge in [0.25, 0.3) is 40.5 Å². The number of hydrogen-bond acceptors (Lipinski definition) is 10. The van der Waals surface area contributed by atoms with Gasteiger partial charge in [-0.25, -0.2) is 0 Å². The molecule has 168 valence electrons. The van der Waals surface area contributed by atoms with Crippen LogP contribution in [0, 0.1) is 0 Å². The first-order chi connectivity index (χ1) is 13.2. The van der Waals surface area contributed by atoms with Crippen LogP contribution < -0.4 is 11.5 Å². The molecule has 2 rings (SSSR count). The van der Waals surface area contributed by atoms with Gasteiger partial charge in [-0.15, -0.1) is 0 Å². The molecule has 0 fully saturated rings. The van der Waals surface area contributed by atoms with Crippen LogP contribution in [-0.4, -0.2) is 51.9 Å². The zero-order chi connectivity index (χ0) is 23.7. The Bertz CT molecular complexity index is 1290. The first kappa shape index (κ1) is 25.7. The molecule has 8 N–H and O–H groups in total. The van der Waals surface area contributed by atoms with E-state index in [1.807, 2.05) is 0 Å². The summed E-state index contributed by atoms with van der Waals surface area (Å²) in [4.78, 5) is -2.33. The summed E-state index contributed by atoms with van der Waals surface area (Å²) in [5.41, 5.74) is 9.45. The minimum absolute atomic E-state index is 0.465. The van der Waals surface area contributed by atoms with Crippen LogP contribution in [0.25, 0.3) is 0 Å². The Balaban J connectivity index is 0.000000300. The molecule has 0 spiro atoms. The average Bonchev–Trinajstić information content (AvgIpc) is 2.51. The highest BCUT2D eigenvalue weighted by Crippen LogP contribution is 2.22. The summed E-state index contributed by atoms with van der Waals surface area (Å²) in [6, 6.07) is 4.67. The minimum Gasteiger partial charge on any atom is -0.398 e. The van der Waals surface area contributed by atoms with Crippen molar-refractivity contribution in [3.8, 4) is 0 Å². The molecule has 0 radical (unpaired) electrons. The quantitative estimate of drug-likeness (QED) is 0.226. The van der Waals surface area contributed by atoms with E-state index in [2.05, 4.69) is 0 Å². The molecule has 2 aromatic carbocycles. The highest BCUT2D eigenvalue weighted by Gasteiger charge is 2.18. The monoisotopic (exact) mass is 506 g/mol. The molecule has 0 aliphatic heterocycles. The first-order valence-corrected chi connectivity index (χ1v) is 12.7. The lowest BCUT2D eigenvalue weighted by Crippen LogP contribution is -2.05. The SMILES string of the molecule is Nc1cc(S(=O)(=O)O)ccc1S(=O)(=O)O.Nc1cc(S(=O)(=O)O)ccc1S(=O)(=O)O. The maximum Gasteiger partial charge on any atom is 0.296 e. The van der Waals surface area contributed by atoms with Crippen LogP contribution in [0.4, 0.5) is 11.4 Å². The maximum atomic E-state index is 10.7. The van der Waals surface area contributed by atoms with Gasteiger partial charge >= 0.3 is 0 Å². The van der Waals surface area contributed by atoms with Gasteiger partial charge in [0.05, 0.1) is 21.2 Å². The van der Waals surface area contributed by atoms with Crippen LogP contribution >= 0.6 is 0 Å². The average molecular weight is 507 g/mol. The maximum absolute atomic E-state index is 10.7. The van der Waals surface area contributed by atoms with Gasteiger partial charge in [0.1, 0.15) is 9.79 Å². The Hall–Kier alpha value is -2.32. The van der Waals surface area contributed by atoms with Crippen molar-refractivity contribution in [1.29, 1.82) is 0 Å². The van der Waals surface area contributed by atoms with Gasteiger partial charge in [-0.3, -0.25) is 18.2 Å². The fourth-order valence-corrected chi connectivity index (χ4v) is 4.07. The minimum atomic E-state index is -4.50. The molecular formula is C12H14N2O12S4. The first-order valence-electron chi connectivity index (χ1n) is 6.93. The summed E-state index contributed by atoms with van der Waals surface area (Å²) in [5, 5.41) is 0. The van der Waals surface area contributed by atoms with E-state index in [1.54, 1.807) is 0 Å². The highest BCUT2D eigenvalue weighted by molar-refractivity contribution is 7.87. The van der Waals surface area contributed by atoms with Crippen molar-refractivity contribution >= 4 is 51.8 Å². The lowest BCUT2D eigenvalue weighted by atomic mass is 10.3. The van der Waals surface area contributed by atoms with Crippen molar-refractivity contribution in [3.05, 3.63) is 36.4 Å². The normalized spacial score (nSPS) is 12.7. The predicted molar refractivity (Wildman–Crippen MR) is 101 cm³/mol. The molecule has 30 heavy (non-hydrogen) atoms. The van der Waals surface area contributed by atoms with E-state index in [0.717, 1.165) is 36.4 Å². The van der Waals surface area contributed by atoms with Crippen LogP contribution in [0.5, 0.6) is 0 Å². The predicted octanol–water partition coefficient (Wildman–Crippen LogP) is -0.476. The largest absolute Gasteiger partial charge is 0.398 e. The Kier molecular flexibility index (Phi) is 7.23. The van der Waals surface area contributed by atoms with Gasteiger partial charge < -0.3 is 11.5 Å². The van der Waals surface area contributed by atoms with Crippen LogP contribution in [0.1, 0.15) is 0 Å². The lowest BCUT2D eigenvalue weighted by Gasteiger charge is -2.03. The van der Waals surface area contributed by atoms with Crippen molar-refractivity contribution in [2.45, 2.75) is 19.6 Å². The zero-order valence-electron chi connectivity index (χ0n) is 14.3. The Morgan fingerprint density at radius 2 is 0.767 bits per heavy atom. The second-order valence-corrected chi connectivity index (χ2v) is 10.9. The van der Waals surface area contributed by atoms with E-state index in [4.69, 9.17) is 29.7 Å². The van der Waals surface area contributed by atoms with Gasteiger partial charge in [-0.05, 0) is 36.4 Å². The second-order valence-electron chi connectivity index (χ2n) is 5.30. The van der Waals surface area contributed by atoms with E-state index in [9.17, 15) is 33.7 Å². The van der Waals surface area contributed by atoms with Crippen LogP contribution in [-0.2, 0) is 40.5 Å². The zero-order valence-corrected chi connectivity index (χ0v) is 17.6. The third kappa shape index (κ3) is 6.88. The van der Waals surface area contributed by atoms with Gasteiger partial charge in [-0.1, -0.05) is 0 Å². The van der Waals surface area contributed by atoms with Gasteiger partial charge in [0, 0.05) is 0 Å².